The molecular weight excluding hydrogens is 500 g/mol. The molecule has 1 aliphatic heterocycles. The maximum absolute atomic E-state index is 13.3. The van der Waals surface area contributed by atoms with E-state index < -0.39 is 0 Å². The zero-order chi connectivity index (χ0) is 25.8. The molecule has 4 aromatic carbocycles. The second-order valence-electron chi connectivity index (χ2n) is 9.16. The molecule has 2 amide bonds. The largest absolute Gasteiger partial charge is 0.341 e. The van der Waals surface area contributed by atoms with Gasteiger partial charge in [0.1, 0.15) is 5.37 Å². The summed E-state index contributed by atoms with van der Waals surface area (Å²) in [7, 11) is 0. The van der Waals surface area contributed by atoms with Crippen molar-refractivity contribution in [1.29, 1.82) is 0 Å². The highest BCUT2D eigenvalue weighted by molar-refractivity contribution is 8.00. The third kappa shape index (κ3) is 5.90. The Morgan fingerprint density at radius 1 is 0.919 bits per heavy atom. The Labute approximate surface area is 226 Å². The number of carbonyl (C=O) groups is 2. The molecule has 0 bridgehead atoms. The van der Waals surface area contributed by atoms with Crippen LogP contribution in [0.2, 0.25) is 5.02 Å². The van der Waals surface area contributed by atoms with Crippen molar-refractivity contribution in [3.05, 3.63) is 142 Å². The lowest BCUT2D eigenvalue weighted by atomic mass is 9.97. The average Bonchev–Trinajstić information content (AvgIpc) is 3.29. The molecule has 6 heteroatoms. The van der Waals surface area contributed by atoms with E-state index in [1.165, 1.54) is 5.56 Å². The van der Waals surface area contributed by atoms with Gasteiger partial charge in [-0.25, -0.2) is 0 Å². The van der Waals surface area contributed by atoms with Crippen LogP contribution in [0.4, 0.5) is 0 Å². The number of benzene rings is 4. The molecule has 1 saturated heterocycles. The van der Waals surface area contributed by atoms with Gasteiger partial charge in [-0.05, 0) is 53.4 Å². The Morgan fingerprint density at radius 3 is 2.24 bits per heavy atom. The molecule has 0 saturated carbocycles. The summed E-state index contributed by atoms with van der Waals surface area (Å²) >= 11 is 7.62. The van der Waals surface area contributed by atoms with Crippen molar-refractivity contribution in [3.8, 4) is 0 Å². The Bertz CT molecular complexity index is 1370. The number of thioether (sulfide) groups is 1. The van der Waals surface area contributed by atoms with Crippen LogP contribution in [0, 0.1) is 6.92 Å². The van der Waals surface area contributed by atoms with E-state index in [-0.39, 0.29) is 23.2 Å². The number of carbonyl (C=O) groups excluding carboxylic acids is 2. The lowest BCUT2D eigenvalue weighted by Gasteiger charge is -2.25. The van der Waals surface area contributed by atoms with Crippen LogP contribution in [0.3, 0.4) is 0 Å². The van der Waals surface area contributed by atoms with Gasteiger partial charge in [-0.3, -0.25) is 9.59 Å². The highest BCUT2D eigenvalue weighted by Crippen LogP contribution is 2.39. The van der Waals surface area contributed by atoms with Gasteiger partial charge in [0.2, 0.25) is 5.91 Å². The highest BCUT2D eigenvalue weighted by atomic mass is 35.5. The van der Waals surface area contributed by atoms with Gasteiger partial charge in [-0.1, -0.05) is 96.0 Å². The summed E-state index contributed by atoms with van der Waals surface area (Å²) in [4.78, 5) is 27.8. The van der Waals surface area contributed by atoms with Gasteiger partial charge in [-0.15, -0.1) is 11.8 Å². The fourth-order valence-electron chi connectivity index (χ4n) is 4.46. The number of amides is 2. The second-order valence-corrected chi connectivity index (χ2v) is 10.7. The summed E-state index contributed by atoms with van der Waals surface area (Å²) in [6, 6.07) is 33.1. The summed E-state index contributed by atoms with van der Waals surface area (Å²) in [5.41, 5.74) is 5.83. The Kier molecular flexibility index (Phi) is 7.63. The van der Waals surface area contributed by atoms with E-state index in [1.807, 2.05) is 90.7 Å². The van der Waals surface area contributed by atoms with E-state index >= 15 is 0 Å². The summed E-state index contributed by atoms with van der Waals surface area (Å²) in [6.07, 6.45) is 0. The van der Waals surface area contributed by atoms with Crippen molar-refractivity contribution in [3.63, 3.8) is 0 Å². The van der Waals surface area contributed by atoms with E-state index in [0.717, 1.165) is 22.3 Å². The van der Waals surface area contributed by atoms with Gasteiger partial charge >= 0.3 is 0 Å². The zero-order valence-electron chi connectivity index (χ0n) is 20.4. The van der Waals surface area contributed by atoms with Crippen molar-refractivity contribution >= 4 is 35.2 Å². The van der Waals surface area contributed by atoms with E-state index in [9.17, 15) is 9.59 Å². The first kappa shape index (κ1) is 25.1. The van der Waals surface area contributed by atoms with Gasteiger partial charge in [0.05, 0.1) is 11.8 Å². The Hall–Kier alpha value is -3.54. The number of aryl methyl sites for hydroxylation is 1. The van der Waals surface area contributed by atoms with Crippen LogP contribution in [-0.2, 0) is 11.3 Å². The molecule has 0 aliphatic carbocycles. The van der Waals surface area contributed by atoms with E-state index in [1.54, 1.807) is 11.8 Å². The molecule has 0 spiro atoms. The minimum Gasteiger partial charge on any atom is -0.341 e. The lowest BCUT2D eigenvalue weighted by Crippen LogP contribution is -2.29. The third-order valence-corrected chi connectivity index (χ3v) is 8.02. The lowest BCUT2D eigenvalue weighted by molar-refractivity contribution is -0.128. The van der Waals surface area contributed by atoms with E-state index in [2.05, 4.69) is 29.6 Å². The maximum Gasteiger partial charge on any atom is 0.252 e. The van der Waals surface area contributed by atoms with E-state index in [0.29, 0.717) is 22.9 Å². The van der Waals surface area contributed by atoms with Crippen molar-refractivity contribution in [1.82, 2.24) is 10.2 Å². The number of hydrogen-bond donors (Lipinski definition) is 1. The first-order valence-corrected chi connectivity index (χ1v) is 13.6. The number of nitrogens with one attached hydrogen (secondary N) is 1. The molecule has 37 heavy (non-hydrogen) atoms. The normalized spacial score (nSPS) is 16.0. The minimum absolute atomic E-state index is 0.0927. The van der Waals surface area contributed by atoms with Gasteiger partial charge in [-0.2, -0.15) is 0 Å². The highest BCUT2D eigenvalue weighted by Gasteiger charge is 2.33. The van der Waals surface area contributed by atoms with Crippen LogP contribution in [-0.4, -0.2) is 22.5 Å². The fraction of sp³-hybridized carbons (Fsp3) is 0.161. The first-order valence-electron chi connectivity index (χ1n) is 12.2. The minimum atomic E-state index is -0.258. The van der Waals surface area contributed by atoms with Crippen LogP contribution >= 0.6 is 23.4 Å². The van der Waals surface area contributed by atoms with Gasteiger partial charge in [0.15, 0.2) is 0 Å². The molecule has 0 aromatic heterocycles. The number of nitrogens with zero attached hydrogens (tertiary/aromatic N) is 1. The molecule has 1 aliphatic rings. The van der Waals surface area contributed by atoms with Crippen molar-refractivity contribution in [2.45, 2.75) is 24.9 Å². The molecule has 186 valence electrons. The van der Waals surface area contributed by atoms with E-state index in [4.69, 9.17) is 11.6 Å². The summed E-state index contributed by atoms with van der Waals surface area (Å²) in [5, 5.41) is 3.79. The van der Waals surface area contributed by atoms with Gasteiger partial charge < -0.3 is 10.2 Å². The Balaban J connectivity index is 1.33. The summed E-state index contributed by atoms with van der Waals surface area (Å²) in [5.74, 6) is 0.403. The van der Waals surface area contributed by atoms with Crippen LogP contribution in [0.5, 0.6) is 0 Å². The predicted molar refractivity (Wildman–Crippen MR) is 151 cm³/mol. The quantitative estimate of drug-likeness (QED) is 0.284. The molecule has 4 nitrogen and oxygen atoms in total. The smallest absolute Gasteiger partial charge is 0.252 e. The molecule has 1 N–H and O–H groups in total. The van der Waals surface area contributed by atoms with Crippen LogP contribution in [0.1, 0.15) is 49.6 Å². The molecular formula is C31H27ClN2O2S. The predicted octanol–water partition coefficient (Wildman–Crippen LogP) is 6.94. The zero-order valence-corrected chi connectivity index (χ0v) is 22.0. The van der Waals surface area contributed by atoms with Crippen molar-refractivity contribution < 1.29 is 9.59 Å². The molecule has 1 fully saturated rings. The van der Waals surface area contributed by atoms with Gasteiger partial charge in [0, 0.05) is 17.1 Å². The number of hydrogen-bond acceptors (Lipinski definition) is 3. The monoisotopic (exact) mass is 526 g/mol. The molecule has 4 aromatic rings. The fourth-order valence-corrected chi connectivity index (χ4v) is 5.78. The molecule has 5 rings (SSSR count). The molecule has 1 heterocycles. The average molecular weight is 527 g/mol. The van der Waals surface area contributed by atoms with Crippen molar-refractivity contribution in [2.75, 3.05) is 5.75 Å². The SMILES string of the molecule is Cc1ccc([C@H](NC(=O)c2ccc([C@@H]3SCC(=O)N3Cc3ccc(Cl)cc3)cc2)c2ccccc2)cc1. The topological polar surface area (TPSA) is 49.4 Å². The number of halogens is 1. The van der Waals surface area contributed by atoms with Crippen LogP contribution in [0.25, 0.3) is 0 Å². The molecule has 2 atom stereocenters. The summed E-state index contributed by atoms with van der Waals surface area (Å²) in [6.45, 7) is 2.57. The van der Waals surface area contributed by atoms with Crippen molar-refractivity contribution in [2.24, 2.45) is 0 Å². The second kappa shape index (κ2) is 11.2. The van der Waals surface area contributed by atoms with Crippen LogP contribution < -0.4 is 5.32 Å². The molecule has 0 unspecified atom stereocenters. The van der Waals surface area contributed by atoms with Gasteiger partial charge in [0.25, 0.3) is 5.91 Å². The standard InChI is InChI=1S/C31H27ClN2O2S/c1-21-7-11-24(12-8-21)29(23-5-3-2-4-6-23)33-30(36)25-13-15-26(16-14-25)31-34(28(35)20-37-31)19-22-9-17-27(32)18-10-22/h2-18,29,31H,19-20H2,1H3,(H,33,36)/t29-,31+/m1/s1. The number of rotatable bonds is 7. The molecule has 0 radical (unpaired) electrons. The first-order chi connectivity index (χ1) is 18.0. The van der Waals surface area contributed by atoms with Crippen LogP contribution in [0.15, 0.2) is 103 Å². The third-order valence-electron chi connectivity index (χ3n) is 6.51. The summed E-state index contributed by atoms with van der Waals surface area (Å²) < 4.78 is 0. The Morgan fingerprint density at radius 2 is 1.57 bits per heavy atom. The maximum atomic E-state index is 13.3.